The van der Waals surface area contributed by atoms with Gasteiger partial charge in [0.05, 0.1) is 31.0 Å². The van der Waals surface area contributed by atoms with E-state index in [0.29, 0.717) is 19.6 Å². The molecule has 2 aromatic carbocycles. The highest BCUT2D eigenvalue weighted by atomic mass is 32.1. The molecule has 1 unspecified atom stereocenters. The summed E-state index contributed by atoms with van der Waals surface area (Å²) in [6.45, 7) is 3.08. The summed E-state index contributed by atoms with van der Waals surface area (Å²) in [7, 11) is 0. The molecule has 1 fully saturated rings. The Kier molecular flexibility index (Phi) is 6.13. The molecular formula is C24H24N4O3S. The number of anilines is 1. The van der Waals surface area contributed by atoms with Crippen LogP contribution in [-0.4, -0.2) is 42.9 Å². The van der Waals surface area contributed by atoms with Gasteiger partial charge in [0, 0.05) is 30.5 Å². The summed E-state index contributed by atoms with van der Waals surface area (Å²) >= 11 is 1.56. The number of carbonyl (C=O) groups is 1. The summed E-state index contributed by atoms with van der Waals surface area (Å²) in [4.78, 5) is 19.4. The monoisotopic (exact) mass is 448 g/mol. The van der Waals surface area contributed by atoms with Gasteiger partial charge in [0.1, 0.15) is 11.9 Å². The minimum Gasteiger partial charge on any atom is -0.485 e. The summed E-state index contributed by atoms with van der Waals surface area (Å²) in [6.07, 6.45) is 0.633. The van der Waals surface area contributed by atoms with E-state index in [1.165, 1.54) is 0 Å². The lowest BCUT2D eigenvalue weighted by Gasteiger charge is -2.27. The van der Waals surface area contributed by atoms with Gasteiger partial charge in [0.15, 0.2) is 5.13 Å². The Morgan fingerprint density at radius 3 is 2.75 bits per heavy atom. The molecule has 1 atom stereocenters. The number of ether oxygens (including phenoxy) is 2. The molecule has 1 aromatic heterocycles. The van der Waals surface area contributed by atoms with Crippen LogP contribution in [0.5, 0.6) is 5.75 Å². The van der Waals surface area contributed by atoms with Crippen LogP contribution in [0.2, 0.25) is 0 Å². The number of benzene rings is 2. The molecule has 0 radical (unpaired) electrons. The predicted octanol–water partition coefficient (Wildman–Crippen LogP) is 3.57. The number of nitrogens with one attached hydrogen (secondary N) is 1. The third-order valence-electron chi connectivity index (χ3n) is 5.50. The van der Waals surface area contributed by atoms with E-state index in [4.69, 9.17) is 9.47 Å². The lowest BCUT2D eigenvalue weighted by molar-refractivity contribution is -0.120. The second-order valence-corrected chi connectivity index (χ2v) is 8.55. The quantitative estimate of drug-likeness (QED) is 0.604. The molecule has 1 N–H and O–H groups in total. The van der Waals surface area contributed by atoms with Crippen LogP contribution in [0.15, 0.2) is 65.1 Å². The fourth-order valence-corrected chi connectivity index (χ4v) is 4.74. The average molecular weight is 449 g/mol. The zero-order chi connectivity index (χ0) is 21.8. The summed E-state index contributed by atoms with van der Waals surface area (Å²) < 4.78 is 11.6. The van der Waals surface area contributed by atoms with Crippen molar-refractivity contribution in [1.29, 1.82) is 0 Å². The Balaban J connectivity index is 1.27. The Morgan fingerprint density at radius 2 is 1.91 bits per heavy atom. The van der Waals surface area contributed by atoms with Crippen molar-refractivity contribution in [3.05, 3.63) is 76.8 Å². The minimum atomic E-state index is -0.184. The van der Waals surface area contributed by atoms with Crippen molar-refractivity contribution >= 4 is 28.1 Å². The van der Waals surface area contributed by atoms with E-state index in [1.807, 2.05) is 60.0 Å². The lowest BCUT2D eigenvalue weighted by atomic mass is 9.96. The average Bonchev–Trinajstić information content (AvgIpc) is 3.32. The van der Waals surface area contributed by atoms with Gasteiger partial charge in [-0.1, -0.05) is 42.5 Å². The van der Waals surface area contributed by atoms with Crippen LogP contribution in [0.3, 0.4) is 0 Å². The van der Waals surface area contributed by atoms with E-state index in [9.17, 15) is 4.79 Å². The van der Waals surface area contributed by atoms with Crippen molar-refractivity contribution in [3.63, 3.8) is 0 Å². The number of nitrogens with zero attached hydrogens (tertiary/aromatic N) is 3. The van der Waals surface area contributed by atoms with E-state index in [-0.39, 0.29) is 18.4 Å². The van der Waals surface area contributed by atoms with Gasteiger partial charge >= 0.3 is 0 Å². The first kappa shape index (κ1) is 20.7. The first-order valence-corrected chi connectivity index (χ1v) is 11.6. The van der Waals surface area contributed by atoms with Gasteiger partial charge in [0.25, 0.3) is 0 Å². The molecule has 1 saturated heterocycles. The first-order chi connectivity index (χ1) is 15.8. The number of carbonyl (C=O) groups excluding carboxylic acids is 1. The maximum Gasteiger partial charge on any atom is 0.246 e. The van der Waals surface area contributed by atoms with Crippen LogP contribution >= 0.6 is 11.3 Å². The number of hydrogen-bond acceptors (Lipinski definition) is 7. The molecule has 3 heterocycles. The molecule has 0 bridgehead atoms. The van der Waals surface area contributed by atoms with E-state index < -0.39 is 0 Å². The number of rotatable bonds is 5. The molecule has 2 aliphatic rings. The zero-order valence-electron chi connectivity index (χ0n) is 17.6. The number of aromatic nitrogens is 1. The van der Waals surface area contributed by atoms with Gasteiger partial charge in [-0.2, -0.15) is 5.10 Å². The third-order valence-corrected chi connectivity index (χ3v) is 6.45. The lowest BCUT2D eigenvalue weighted by Crippen LogP contribution is -2.36. The van der Waals surface area contributed by atoms with E-state index >= 15 is 0 Å². The van der Waals surface area contributed by atoms with Crippen molar-refractivity contribution in [2.24, 2.45) is 5.10 Å². The highest BCUT2D eigenvalue weighted by molar-refractivity contribution is 7.13. The van der Waals surface area contributed by atoms with Crippen LogP contribution in [0.1, 0.15) is 29.3 Å². The van der Waals surface area contributed by atoms with Gasteiger partial charge < -0.3 is 14.4 Å². The number of thiazole rings is 1. The largest absolute Gasteiger partial charge is 0.485 e. The molecule has 8 heteroatoms. The number of para-hydroxylation sites is 1. The van der Waals surface area contributed by atoms with Gasteiger partial charge in [-0.15, -0.1) is 11.3 Å². The Hall–Kier alpha value is -3.23. The Morgan fingerprint density at radius 1 is 1.12 bits per heavy atom. The zero-order valence-corrected chi connectivity index (χ0v) is 18.4. The second-order valence-electron chi connectivity index (χ2n) is 7.71. The predicted molar refractivity (Wildman–Crippen MR) is 124 cm³/mol. The number of morpholine rings is 1. The van der Waals surface area contributed by atoms with Crippen molar-refractivity contribution in [2.75, 3.05) is 31.2 Å². The maximum atomic E-state index is 12.6. The third kappa shape index (κ3) is 4.66. The fourth-order valence-electron chi connectivity index (χ4n) is 3.86. The number of hydrazone groups is 1. The molecule has 1 amide bonds. The molecule has 3 aromatic rings. The molecule has 0 aliphatic carbocycles. The maximum absolute atomic E-state index is 12.6. The van der Waals surface area contributed by atoms with E-state index in [1.54, 1.807) is 11.3 Å². The second kappa shape index (κ2) is 9.50. The molecule has 32 heavy (non-hydrogen) atoms. The van der Waals surface area contributed by atoms with Gasteiger partial charge in [-0.3, -0.25) is 4.79 Å². The van der Waals surface area contributed by atoms with E-state index in [0.717, 1.165) is 46.5 Å². The Labute approximate surface area is 190 Å². The molecular weight excluding hydrogens is 424 g/mol. The molecule has 7 nitrogen and oxygen atoms in total. The first-order valence-electron chi connectivity index (χ1n) is 10.7. The summed E-state index contributed by atoms with van der Waals surface area (Å²) in [6, 6.07) is 17.9. The number of fused-ring (bicyclic) bond motifs is 1. The molecule has 2 aliphatic heterocycles. The van der Waals surface area contributed by atoms with Crippen LogP contribution in [0, 0.1) is 0 Å². The standard InChI is InChI=1S/C24H24N4O3S/c29-23(14-18-16-32-24(25-18)28-10-12-30-13-11-28)27-26-20-15-22(17-6-2-1-3-7-17)31-21-9-5-4-8-19(20)21/h1-9,16,22H,10-15H2,(H,27,29)/b26-20-. The van der Waals surface area contributed by atoms with Crippen LogP contribution < -0.4 is 15.1 Å². The van der Waals surface area contributed by atoms with Crippen LogP contribution in [0.25, 0.3) is 0 Å². The molecule has 0 saturated carbocycles. The fraction of sp³-hybridized carbons (Fsp3) is 0.292. The number of hydrogen-bond donors (Lipinski definition) is 1. The van der Waals surface area contributed by atoms with Gasteiger partial charge in [-0.25, -0.2) is 10.4 Å². The van der Waals surface area contributed by atoms with E-state index in [2.05, 4.69) is 20.4 Å². The smallest absolute Gasteiger partial charge is 0.246 e. The van der Waals surface area contributed by atoms with Gasteiger partial charge in [-0.05, 0) is 17.7 Å². The molecule has 164 valence electrons. The van der Waals surface area contributed by atoms with Crippen molar-refractivity contribution < 1.29 is 14.3 Å². The molecule has 0 spiro atoms. The topological polar surface area (TPSA) is 76.1 Å². The SMILES string of the molecule is O=C(Cc1csc(N2CCOCC2)n1)N/N=C1/CC(c2ccccc2)Oc2ccccc21. The van der Waals surface area contributed by atoms with Crippen molar-refractivity contribution in [3.8, 4) is 5.75 Å². The summed E-state index contributed by atoms with van der Waals surface area (Å²) in [5.41, 5.74) is 6.28. The van der Waals surface area contributed by atoms with Gasteiger partial charge in [0.2, 0.25) is 5.91 Å². The summed E-state index contributed by atoms with van der Waals surface area (Å²) in [5.74, 6) is 0.590. The normalized spacial score (nSPS) is 19.3. The Bertz CT molecular complexity index is 1110. The van der Waals surface area contributed by atoms with Crippen molar-refractivity contribution in [1.82, 2.24) is 10.4 Å². The highest BCUT2D eigenvalue weighted by Crippen LogP contribution is 2.34. The number of amides is 1. The van der Waals surface area contributed by atoms with Crippen molar-refractivity contribution in [2.45, 2.75) is 18.9 Å². The summed E-state index contributed by atoms with van der Waals surface area (Å²) in [5, 5.41) is 7.35. The highest BCUT2D eigenvalue weighted by Gasteiger charge is 2.26. The van der Waals surface area contributed by atoms with Crippen LogP contribution in [-0.2, 0) is 16.0 Å². The van der Waals surface area contributed by atoms with Crippen LogP contribution in [0.4, 0.5) is 5.13 Å². The molecule has 5 rings (SSSR count). The minimum absolute atomic E-state index is 0.142.